The number of carboxylic acid groups (broad SMARTS) is 1. The molecule has 0 spiro atoms. The smallest absolute Gasteiger partial charge is 0.309 e. The summed E-state index contributed by atoms with van der Waals surface area (Å²) >= 11 is 8.28. The molecule has 0 saturated carbocycles. The summed E-state index contributed by atoms with van der Waals surface area (Å²) in [5.41, 5.74) is 1.70. The number of methoxy groups -OCH3 is 1. The number of aromatic nitrogens is 1. The minimum Gasteiger partial charge on any atom is -0.497 e. The van der Waals surface area contributed by atoms with Gasteiger partial charge in [0.2, 0.25) is 0 Å². The van der Waals surface area contributed by atoms with Crippen LogP contribution < -0.4 is 4.74 Å². The Labute approximate surface area is 221 Å². The van der Waals surface area contributed by atoms with Crippen LogP contribution in [0.1, 0.15) is 42.9 Å². The van der Waals surface area contributed by atoms with Gasteiger partial charge in [0.15, 0.2) is 0 Å². The number of aliphatic carboxylic acids is 1. The Bertz CT molecular complexity index is 1210. The molecule has 0 amide bonds. The van der Waals surface area contributed by atoms with Gasteiger partial charge >= 0.3 is 5.97 Å². The molecule has 4 rings (SSSR count). The van der Waals surface area contributed by atoms with Gasteiger partial charge in [-0.2, -0.15) is 0 Å². The van der Waals surface area contributed by atoms with E-state index in [4.69, 9.17) is 16.3 Å². The molecular formula is C28H33ClN2O4S. The van der Waals surface area contributed by atoms with Crippen molar-refractivity contribution in [2.24, 2.45) is 5.41 Å². The Balaban J connectivity index is 1.37. The number of piperidine rings is 1. The van der Waals surface area contributed by atoms with Crippen molar-refractivity contribution in [3.8, 4) is 5.75 Å². The summed E-state index contributed by atoms with van der Waals surface area (Å²) < 4.78 is 5.33. The largest absolute Gasteiger partial charge is 0.497 e. The molecule has 8 heteroatoms. The number of nitrogens with zero attached hydrogens (tertiary/aromatic N) is 2. The normalized spacial score (nSPS) is 16.7. The van der Waals surface area contributed by atoms with Crippen LogP contribution in [0.4, 0.5) is 0 Å². The van der Waals surface area contributed by atoms with Crippen molar-refractivity contribution in [3.63, 3.8) is 0 Å². The fourth-order valence-corrected chi connectivity index (χ4v) is 6.27. The van der Waals surface area contributed by atoms with Crippen molar-refractivity contribution in [2.75, 3.05) is 32.5 Å². The lowest BCUT2D eigenvalue weighted by Crippen LogP contribution is -2.45. The third kappa shape index (κ3) is 6.14. The van der Waals surface area contributed by atoms with Gasteiger partial charge in [0.1, 0.15) is 5.75 Å². The molecule has 0 bridgehead atoms. The van der Waals surface area contributed by atoms with E-state index in [-0.39, 0.29) is 0 Å². The third-order valence-corrected chi connectivity index (χ3v) is 8.51. The van der Waals surface area contributed by atoms with Gasteiger partial charge in [0.25, 0.3) is 0 Å². The van der Waals surface area contributed by atoms with Crippen molar-refractivity contribution in [2.45, 2.75) is 43.6 Å². The van der Waals surface area contributed by atoms with Crippen molar-refractivity contribution in [1.29, 1.82) is 0 Å². The Hall–Kier alpha value is -2.32. The van der Waals surface area contributed by atoms with Crippen molar-refractivity contribution < 1.29 is 19.7 Å². The van der Waals surface area contributed by atoms with Gasteiger partial charge in [0.05, 0.1) is 29.2 Å². The number of halogens is 1. The van der Waals surface area contributed by atoms with Crippen LogP contribution in [-0.2, 0) is 4.79 Å². The fourth-order valence-electron chi connectivity index (χ4n) is 4.96. The lowest BCUT2D eigenvalue weighted by molar-refractivity contribution is -0.153. The molecule has 0 unspecified atom stereocenters. The maximum atomic E-state index is 12.4. The number of benzene rings is 2. The summed E-state index contributed by atoms with van der Waals surface area (Å²) in [5.74, 6) is 0.838. The molecule has 1 aliphatic heterocycles. The molecule has 1 fully saturated rings. The number of carbonyl (C=O) groups is 1. The highest BCUT2D eigenvalue weighted by molar-refractivity contribution is 7.99. The summed E-state index contributed by atoms with van der Waals surface area (Å²) in [7, 11) is 1.58. The van der Waals surface area contributed by atoms with Gasteiger partial charge in [0, 0.05) is 34.3 Å². The summed E-state index contributed by atoms with van der Waals surface area (Å²) in [6.45, 7) is 4.51. The number of aliphatic hydroxyl groups excluding tert-OH is 1. The quantitative estimate of drug-likeness (QED) is 0.313. The monoisotopic (exact) mass is 528 g/mol. The van der Waals surface area contributed by atoms with Gasteiger partial charge in [-0.15, -0.1) is 11.8 Å². The number of likely N-dealkylation sites (tertiary alicyclic amines) is 1. The molecule has 36 heavy (non-hydrogen) atoms. The third-order valence-electron chi connectivity index (χ3n) is 7.23. The van der Waals surface area contributed by atoms with Crippen LogP contribution >= 0.6 is 23.4 Å². The molecule has 1 saturated heterocycles. The molecule has 2 N–H and O–H groups in total. The predicted molar refractivity (Wildman–Crippen MR) is 145 cm³/mol. The van der Waals surface area contributed by atoms with Gasteiger partial charge in [-0.3, -0.25) is 9.78 Å². The second-order valence-electron chi connectivity index (χ2n) is 9.55. The predicted octanol–water partition coefficient (Wildman–Crippen LogP) is 5.98. The number of hydrogen-bond donors (Lipinski definition) is 2. The van der Waals surface area contributed by atoms with Crippen molar-refractivity contribution >= 4 is 40.2 Å². The number of aryl methyl sites for hydroxylation is 1. The zero-order valence-corrected chi connectivity index (χ0v) is 22.3. The topological polar surface area (TPSA) is 82.9 Å². The zero-order valence-electron chi connectivity index (χ0n) is 20.7. The second kappa shape index (κ2) is 11.8. The molecule has 1 aliphatic rings. The average Bonchev–Trinajstić information content (AvgIpc) is 2.87. The van der Waals surface area contributed by atoms with Crippen LogP contribution in [0.15, 0.2) is 53.6 Å². The molecule has 1 aromatic heterocycles. The van der Waals surface area contributed by atoms with E-state index in [1.807, 2.05) is 30.0 Å². The van der Waals surface area contributed by atoms with E-state index >= 15 is 0 Å². The lowest BCUT2D eigenvalue weighted by atomic mass is 9.74. The summed E-state index contributed by atoms with van der Waals surface area (Å²) in [4.78, 5) is 20.3. The van der Waals surface area contributed by atoms with E-state index in [0.29, 0.717) is 47.5 Å². The minimum atomic E-state index is -0.893. The number of pyridine rings is 1. The first kappa shape index (κ1) is 26.7. The Kier molecular flexibility index (Phi) is 8.78. The highest BCUT2D eigenvalue weighted by Crippen LogP contribution is 2.41. The van der Waals surface area contributed by atoms with Crippen LogP contribution in [0.5, 0.6) is 5.75 Å². The van der Waals surface area contributed by atoms with E-state index in [1.165, 1.54) is 16.7 Å². The number of ether oxygens (including phenoxy) is 1. The van der Waals surface area contributed by atoms with E-state index in [9.17, 15) is 15.0 Å². The first-order chi connectivity index (χ1) is 17.3. The van der Waals surface area contributed by atoms with E-state index in [0.717, 1.165) is 30.8 Å². The molecule has 192 valence electrons. The first-order valence-corrected chi connectivity index (χ1v) is 13.6. The standard InChI is InChI=1S/C28H33ClN2O4S/c1-19-4-3-5-21(16-19)36-15-14-31-12-10-28(11-13-31,27(33)34)9-8-25(32)26-22-17-20(35-2)6-7-24(22)30-18-23(26)29/h3-7,16-18,25,32H,8-15H2,1-2H3,(H,33,34)/t25-/m1/s1. The van der Waals surface area contributed by atoms with Crippen LogP contribution in [0.2, 0.25) is 5.02 Å². The highest BCUT2D eigenvalue weighted by atomic mass is 35.5. The fraction of sp³-hybridized carbons (Fsp3) is 0.429. The maximum Gasteiger partial charge on any atom is 0.309 e. The SMILES string of the molecule is COc1ccc2ncc(Cl)c([C@H](O)CCC3(C(=O)O)CCN(CCSc4cccc(C)c4)CC3)c2c1. The Morgan fingerprint density at radius 2 is 2.03 bits per heavy atom. The van der Waals surface area contributed by atoms with Crippen molar-refractivity contribution in [1.82, 2.24) is 9.88 Å². The van der Waals surface area contributed by atoms with Crippen LogP contribution in [-0.4, -0.2) is 58.6 Å². The van der Waals surface area contributed by atoms with Crippen LogP contribution in [0.25, 0.3) is 10.9 Å². The summed E-state index contributed by atoms with van der Waals surface area (Å²) in [5, 5.41) is 22.4. The highest BCUT2D eigenvalue weighted by Gasteiger charge is 2.41. The maximum absolute atomic E-state index is 12.4. The molecule has 2 heterocycles. The first-order valence-electron chi connectivity index (χ1n) is 12.3. The summed E-state index contributed by atoms with van der Waals surface area (Å²) in [6.07, 6.45) is 2.49. The van der Waals surface area contributed by atoms with Crippen LogP contribution in [0.3, 0.4) is 0 Å². The van der Waals surface area contributed by atoms with E-state index in [1.54, 1.807) is 7.11 Å². The molecule has 2 aromatic carbocycles. The molecule has 0 aliphatic carbocycles. The van der Waals surface area contributed by atoms with Gasteiger partial charge in [-0.25, -0.2) is 0 Å². The van der Waals surface area contributed by atoms with Crippen LogP contribution in [0, 0.1) is 12.3 Å². The number of rotatable bonds is 10. The number of hydrogen-bond acceptors (Lipinski definition) is 6. The second-order valence-corrected chi connectivity index (χ2v) is 11.1. The molecule has 6 nitrogen and oxygen atoms in total. The summed E-state index contributed by atoms with van der Waals surface area (Å²) in [6, 6.07) is 13.9. The van der Waals surface area contributed by atoms with E-state index in [2.05, 4.69) is 41.1 Å². The molecule has 1 atom stereocenters. The molecular weight excluding hydrogens is 496 g/mol. The number of thioether (sulfide) groups is 1. The molecule has 3 aromatic rings. The Morgan fingerprint density at radius 1 is 1.25 bits per heavy atom. The van der Waals surface area contributed by atoms with Gasteiger partial charge in [-0.05, 0) is 76.0 Å². The zero-order chi connectivity index (χ0) is 25.7. The number of carboxylic acids is 1. The van der Waals surface area contributed by atoms with Gasteiger partial charge < -0.3 is 19.8 Å². The average molecular weight is 529 g/mol. The van der Waals surface area contributed by atoms with E-state index < -0.39 is 17.5 Å². The number of fused-ring (bicyclic) bond motifs is 1. The lowest BCUT2D eigenvalue weighted by Gasteiger charge is -2.39. The molecule has 0 radical (unpaired) electrons. The Morgan fingerprint density at radius 3 is 2.72 bits per heavy atom. The van der Waals surface area contributed by atoms with Crippen molar-refractivity contribution in [3.05, 3.63) is 64.8 Å². The van der Waals surface area contributed by atoms with Gasteiger partial charge in [-0.1, -0.05) is 29.3 Å². The number of aliphatic hydroxyl groups is 1. The minimum absolute atomic E-state index is 0.311.